The summed E-state index contributed by atoms with van der Waals surface area (Å²) in [5.41, 5.74) is 0.224. The van der Waals surface area contributed by atoms with Gasteiger partial charge in [0, 0.05) is 0 Å². The van der Waals surface area contributed by atoms with Gasteiger partial charge in [0.2, 0.25) is 6.29 Å². The summed E-state index contributed by atoms with van der Waals surface area (Å²) in [4.78, 5) is 12.0. The maximum absolute atomic E-state index is 12.0. The average Bonchev–Trinajstić information content (AvgIpc) is 2.83. The van der Waals surface area contributed by atoms with E-state index in [4.69, 9.17) is 23.4 Å². The van der Waals surface area contributed by atoms with Crippen LogP contribution in [0.4, 0.5) is 0 Å². The molecule has 3 heterocycles. The van der Waals surface area contributed by atoms with E-state index in [0.717, 1.165) is 6.07 Å². The number of hydrogen-bond acceptors (Lipinski definition) is 13. The lowest BCUT2D eigenvalue weighted by Crippen LogP contribution is -2.65. The third kappa shape index (κ3) is 4.93. The number of aryl methyl sites for hydroxylation is 1. The summed E-state index contributed by atoms with van der Waals surface area (Å²) >= 11 is 0. The van der Waals surface area contributed by atoms with Crippen LogP contribution in [0.5, 0.6) is 5.75 Å². The molecular formula is C22H28O13. The Balaban J connectivity index is 1.55. The standard InChI is InChI=1S/C22H28O13/c1-8-3-2-4-9-14(8)10(5-13(25)31-9)32-21-19(30)17(28)20(12(7-24)34-21)35-22-18(29)16(27)15(26)11(6-23)33-22/h2-5,11-12,15-24,26-30H,6-7H2,1H3. The van der Waals surface area contributed by atoms with E-state index in [0.29, 0.717) is 10.9 Å². The SMILES string of the molecule is Cc1cccc2oc(=O)cc(OC3OC(CO)C(OC4OC(CO)C(O)C(O)C4O)C(O)C3O)c12. The average molecular weight is 500 g/mol. The molecule has 10 atom stereocenters. The van der Waals surface area contributed by atoms with E-state index in [1.54, 1.807) is 25.1 Å². The van der Waals surface area contributed by atoms with Crippen molar-refractivity contribution in [1.82, 2.24) is 0 Å². The molecule has 2 aliphatic heterocycles. The van der Waals surface area contributed by atoms with Crippen LogP contribution in [-0.4, -0.2) is 110 Å². The predicted octanol–water partition coefficient (Wildman–Crippen LogP) is -2.90. The molecule has 194 valence electrons. The minimum Gasteiger partial charge on any atom is -0.461 e. The second-order valence-electron chi connectivity index (χ2n) is 8.50. The first-order valence-corrected chi connectivity index (χ1v) is 10.9. The molecule has 0 radical (unpaired) electrons. The molecule has 7 N–H and O–H groups in total. The molecule has 2 saturated heterocycles. The van der Waals surface area contributed by atoms with Crippen LogP contribution in [0.25, 0.3) is 11.0 Å². The predicted molar refractivity (Wildman–Crippen MR) is 114 cm³/mol. The minimum absolute atomic E-state index is 0.0237. The van der Waals surface area contributed by atoms with Crippen LogP contribution in [0.3, 0.4) is 0 Å². The molecular weight excluding hydrogens is 472 g/mol. The fourth-order valence-electron chi connectivity index (χ4n) is 4.23. The van der Waals surface area contributed by atoms with Crippen LogP contribution in [-0.2, 0) is 14.2 Å². The van der Waals surface area contributed by atoms with Crippen molar-refractivity contribution in [3.05, 3.63) is 40.2 Å². The molecule has 35 heavy (non-hydrogen) atoms. The monoisotopic (exact) mass is 500 g/mol. The Morgan fingerprint density at radius 2 is 1.51 bits per heavy atom. The molecule has 0 aliphatic carbocycles. The molecule has 10 unspecified atom stereocenters. The van der Waals surface area contributed by atoms with Gasteiger partial charge in [-0.2, -0.15) is 0 Å². The minimum atomic E-state index is -1.77. The van der Waals surface area contributed by atoms with Crippen molar-refractivity contribution >= 4 is 11.0 Å². The van der Waals surface area contributed by atoms with E-state index in [2.05, 4.69) is 0 Å². The highest BCUT2D eigenvalue weighted by Gasteiger charge is 2.51. The zero-order valence-electron chi connectivity index (χ0n) is 18.6. The zero-order chi connectivity index (χ0) is 25.4. The van der Waals surface area contributed by atoms with Gasteiger partial charge in [0.1, 0.15) is 60.2 Å². The van der Waals surface area contributed by atoms with E-state index >= 15 is 0 Å². The number of aliphatic hydroxyl groups is 7. The topological polar surface area (TPSA) is 209 Å². The third-order valence-corrected chi connectivity index (χ3v) is 6.14. The largest absolute Gasteiger partial charge is 0.461 e. The molecule has 0 saturated carbocycles. The fourth-order valence-corrected chi connectivity index (χ4v) is 4.23. The lowest BCUT2D eigenvalue weighted by molar-refractivity contribution is -0.352. The molecule has 4 rings (SSSR count). The van der Waals surface area contributed by atoms with Gasteiger partial charge in [0.25, 0.3) is 0 Å². The Kier molecular flexibility index (Phi) is 7.73. The van der Waals surface area contributed by atoms with Gasteiger partial charge >= 0.3 is 5.63 Å². The maximum Gasteiger partial charge on any atom is 0.339 e. The van der Waals surface area contributed by atoms with Gasteiger partial charge < -0.3 is 59.1 Å². The highest BCUT2D eigenvalue weighted by Crippen LogP contribution is 2.33. The van der Waals surface area contributed by atoms with Gasteiger partial charge in [-0.15, -0.1) is 0 Å². The summed E-state index contributed by atoms with van der Waals surface area (Å²) in [7, 11) is 0. The van der Waals surface area contributed by atoms with Crippen molar-refractivity contribution in [2.24, 2.45) is 0 Å². The fraction of sp³-hybridized carbons (Fsp3) is 0.591. The normalized spacial score (nSPS) is 37.9. The van der Waals surface area contributed by atoms with Gasteiger partial charge in [-0.05, 0) is 18.6 Å². The van der Waals surface area contributed by atoms with E-state index < -0.39 is 80.3 Å². The highest BCUT2D eigenvalue weighted by atomic mass is 16.7. The Morgan fingerprint density at radius 1 is 0.857 bits per heavy atom. The van der Waals surface area contributed by atoms with Crippen molar-refractivity contribution in [3.63, 3.8) is 0 Å². The second kappa shape index (κ2) is 10.4. The highest BCUT2D eigenvalue weighted by molar-refractivity contribution is 5.86. The van der Waals surface area contributed by atoms with E-state index in [1.807, 2.05) is 0 Å². The summed E-state index contributed by atoms with van der Waals surface area (Å²) in [6.07, 6.45) is -15.9. The van der Waals surface area contributed by atoms with Crippen LogP contribution in [0.1, 0.15) is 5.56 Å². The first-order valence-electron chi connectivity index (χ1n) is 10.9. The number of fused-ring (bicyclic) bond motifs is 1. The third-order valence-electron chi connectivity index (χ3n) is 6.14. The van der Waals surface area contributed by atoms with Crippen LogP contribution >= 0.6 is 0 Å². The summed E-state index contributed by atoms with van der Waals surface area (Å²) in [5, 5.41) is 71.1. The molecule has 0 spiro atoms. The molecule has 13 heteroatoms. The second-order valence-corrected chi connectivity index (χ2v) is 8.50. The molecule has 2 aliphatic rings. The Bertz CT molecular complexity index is 1070. The Morgan fingerprint density at radius 3 is 2.20 bits per heavy atom. The molecule has 13 nitrogen and oxygen atoms in total. The summed E-state index contributed by atoms with van der Waals surface area (Å²) in [6, 6.07) is 6.05. The first kappa shape index (κ1) is 25.9. The smallest absolute Gasteiger partial charge is 0.339 e. The van der Waals surface area contributed by atoms with Crippen LogP contribution in [0.2, 0.25) is 0 Å². The summed E-state index contributed by atoms with van der Waals surface area (Å²) in [6.45, 7) is 0.334. The van der Waals surface area contributed by atoms with E-state index in [1.165, 1.54) is 0 Å². The van der Waals surface area contributed by atoms with Gasteiger partial charge in [0.05, 0.1) is 24.7 Å². The van der Waals surface area contributed by atoms with Gasteiger partial charge in [-0.1, -0.05) is 12.1 Å². The molecule has 2 fully saturated rings. The van der Waals surface area contributed by atoms with Crippen LogP contribution in [0.15, 0.2) is 33.5 Å². The number of rotatable bonds is 6. The lowest BCUT2D eigenvalue weighted by atomic mass is 9.97. The van der Waals surface area contributed by atoms with Gasteiger partial charge in [0.15, 0.2) is 6.29 Å². The van der Waals surface area contributed by atoms with Crippen molar-refractivity contribution in [2.45, 2.75) is 68.3 Å². The van der Waals surface area contributed by atoms with E-state index in [9.17, 15) is 40.5 Å². The summed E-state index contributed by atoms with van der Waals surface area (Å²) in [5.74, 6) is 0.0237. The van der Waals surface area contributed by atoms with Crippen molar-refractivity contribution in [2.75, 3.05) is 13.2 Å². The Labute approximate surface area is 198 Å². The molecule has 0 bridgehead atoms. The Hall–Kier alpha value is -2.17. The lowest BCUT2D eigenvalue weighted by Gasteiger charge is -2.45. The van der Waals surface area contributed by atoms with Crippen LogP contribution in [0, 0.1) is 6.92 Å². The van der Waals surface area contributed by atoms with Crippen molar-refractivity contribution in [3.8, 4) is 5.75 Å². The molecule has 1 aromatic carbocycles. The van der Waals surface area contributed by atoms with E-state index in [-0.39, 0.29) is 11.3 Å². The molecule has 1 aromatic heterocycles. The number of hydrogen-bond donors (Lipinski definition) is 7. The maximum atomic E-state index is 12.0. The molecule has 0 amide bonds. The quantitative estimate of drug-likeness (QED) is 0.199. The first-order chi connectivity index (χ1) is 16.7. The number of ether oxygens (including phenoxy) is 4. The van der Waals surface area contributed by atoms with Crippen molar-refractivity contribution < 1.29 is 59.1 Å². The van der Waals surface area contributed by atoms with Crippen molar-refractivity contribution in [1.29, 1.82) is 0 Å². The van der Waals surface area contributed by atoms with Crippen LogP contribution < -0.4 is 10.4 Å². The van der Waals surface area contributed by atoms with Gasteiger partial charge in [-0.3, -0.25) is 0 Å². The summed E-state index contributed by atoms with van der Waals surface area (Å²) < 4.78 is 27.3. The van der Waals surface area contributed by atoms with Gasteiger partial charge in [-0.25, -0.2) is 4.79 Å². The number of aliphatic hydroxyl groups excluding tert-OH is 7. The number of benzene rings is 1. The molecule has 2 aromatic rings. The zero-order valence-corrected chi connectivity index (χ0v) is 18.6.